The fraction of sp³-hybridized carbons (Fsp3) is 0.667. The van der Waals surface area contributed by atoms with Crippen molar-refractivity contribution >= 4 is 11.8 Å². The van der Waals surface area contributed by atoms with Gasteiger partial charge in [-0.2, -0.15) is 5.10 Å². The molecule has 0 spiro atoms. The summed E-state index contributed by atoms with van der Waals surface area (Å²) < 4.78 is 1.87. The molecule has 2 fully saturated rings. The summed E-state index contributed by atoms with van der Waals surface area (Å²) in [6.07, 6.45) is 3.94. The van der Waals surface area contributed by atoms with Crippen LogP contribution in [0.5, 0.6) is 0 Å². The van der Waals surface area contributed by atoms with Gasteiger partial charge in [-0.1, -0.05) is 0 Å². The van der Waals surface area contributed by atoms with Gasteiger partial charge in [-0.25, -0.2) is 0 Å². The van der Waals surface area contributed by atoms with Crippen LogP contribution in [0.25, 0.3) is 0 Å². The summed E-state index contributed by atoms with van der Waals surface area (Å²) in [4.78, 5) is 26.4. The van der Waals surface area contributed by atoms with Crippen molar-refractivity contribution in [2.24, 2.45) is 5.92 Å². The zero-order chi connectivity index (χ0) is 15.2. The number of rotatable bonds is 4. The van der Waals surface area contributed by atoms with Crippen molar-refractivity contribution in [1.82, 2.24) is 20.0 Å². The summed E-state index contributed by atoms with van der Waals surface area (Å²) in [5.41, 5.74) is 0.107. The molecule has 21 heavy (non-hydrogen) atoms. The van der Waals surface area contributed by atoms with E-state index in [1.54, 1.807) is 4.90 Å². The number of nitrogens with zero attached hydrogens (tertiary/aromatic N) is 3. The van der Waals surface area contributed by atoms with Gasteiger partial charge in [-0.15, -0.1) is 0 Å². The summed E-state index contributed by atoms with van der Waals surface area (Å²) in [6, 6.07) is 2.21. The molecule has 1 atom stereocenters. The lowest BCUT2D eigenvalue weighted by atomic mass is 9.89. The maximum Gasteiger partial charge on any atom is 0.246 e. The van der Waals surface area contributed by atoms with Gasteiger partial charge >= 0.3 is 0 Å². The molecule has 1 saturated heterocycles. The molecule has 114 valence electrons. The molecule has 1 aliphatic carbocycles. The van der Waals surface area contributed by atoms with Crippen LogP contribution in [-0.4, -0.2) is 38.6 Å². The summed E-state index contributed by atoms with van der Waals surface area (Å²) in [6.45, 7) is 6.50. The first kappa shape index (κ1) is 14.1. The van der Waals surface area contributed by atoms with E-state index in [2.05, 4.69) is 24.3 Å². The first-order valence-electron chi connectivity index (χ1n) is 7.55. The zero-order valence-electron chi connectivity index (χ0n) is 12.8. The van der Waals surface area contributed by atoms with E-state index in [1.807, 2.05) is 23.9 Å². The Labute approximate surface area is 124 Å². The molecule has 0 aromatic carbocycles. The van der Waals surface area contributed by atoms with Crippen LogP contribution in [0.3, 0.4) is 0 Å². The van der Waals surface area contributed by atoms with Crippen molar-refractivity contribution < 1.29 is 9.59 Å². The van der Waals surface area contributed by atoms with Gasteiger partial charge < -0.3 is 10.2 Å². The predicted molar refractivity (Wildman–Crippen MR) is 77.3 cm³/mol. The zero-order valence-corrected chi connectivity index (χ0v) is 12.8. The highest BCUT2D eigenvalue weighted by atomic mass is 16.2. The predicted octanol–water partition coefficient (Wildman–Crippen LogP) is 1.09. The fourth-order valence-corrected chi connectivity index (χ4v) is 3.03. The number of nitrogens with one attached hydrogen (secondary N) is 1. The van der Waals surface area contributed by atoms with Gasteiger partial charge in [0.05, 0.1) is 18.8 Å². The van der Waals surface area contributed by atoms with Gasteiger partial charge in [0.15, 0.2) is 0 Å². The topological polar surface area (TPSA) is 67.2 Å². The SMILES string of the molecule is CC(C)n1ccc(CN2C(=O)CNC(=O)C2(C)C2CC2)n1. The van der Waals surface area contributed by atoms with Crippen molar-refractivity contribution in [2.45, 2.75) is 51.7 Å². The van der Waals surface area contributed by atoms with Crippen LogP contribution in [-0.2, 0) is 16.1 Å². The molecule has 2 aliphatic rings. The Bertz CT molecular complexity index is 576. The number of aromatic nitrogens is 2. The molecule has 1 aromatic rings. The molecule has 2 amide bonds. The Morgan fingerprint density at radius 2 is 2.14 bits per heavy atom. The molecule has 0 bridgehead atoms. The first-order valence-corrected chi connectivity index (χ1v) is 7.55. The molecule has 1 saturated carbocycles. The number of amides is 2. The monoisotopic (exact) mass is 290 g/mol. The summed E-state index contributed by atoms with van der Waals surface area (Å²) in [7, 11) is 0. The van der Waals surface area contributed by atoms with E-state index in [0.29, 0.717) is 6.54 Å². The number of hydrogen-bond acceptors (Lipinski definition) is 3. The highest BCUT2D eigenvalue weighted by molar-refractivity contribution is 5.98. The second kappa shape index (κ2) is 4.86. The molecule has 0 radical (unpaired) electrons. The summed E-state index contributed by atoms with van der Waals surface area (Å²) in [5.74, 6) is 0.213. The lowest BCUT2D eigenvalue weighted by Gasteiger charge is -2.43. The normalized spacial score (nSPS) is 26.4. The summed E-state index contributed by atoms with van der Waals surface area (Å²) in [5, 5.41) is 7.23. The molecular weight excluding hydrogens is 268 g/mol. The van der Waals surface area contributed by atoms with Crippen molar-refractivity contribution in [3.63, 3.8) is 0 Å². The molecular formula is C15H22N4O2. The van der Waals surface area contributed by atoms with Gasteiger partial charge in [0.2, 0.25) is 11.8 Å². The van der Waals surface area contributed by atoms with Gasteiger partial charge in [0, 0.05) is 12.2 Å². The average Bonchev–Trinajstić information content (AvgIpc) is 3.19. The number of carbonyl (C=O) groups is 2. The Morgan fingerprint density at radius 3 is 2.71 bits per heavy atom. The standard InChI is InChI=1S/C15H22N4O2/c1-10(2)19-7-6-12(17-19)9-18-13(20)8-16-14(21)15(18,3)11-4-5-11/h6-7,10-11H,4-5,8-9H2,1-3H3,(H,16,21). The molecule has 3 rings (SSSR count). The fourth-order valence-electron chi connectivity index (χ4n) is 3.03. The molecule has 1 aliphatic heterocycles. The van der Waals surface area contributed by atoms with Crippen molar-refractivity contribution in [3.05, 3.63) is 18.0 Å². The minimum Gasteiger partial charge on any atom is -0.345 e. The third-order valence-electron chi connectivity index (χ3n) is 4.61. The third kappa shape index (κ3) is 2.32. The first-order chi connectivity index (χ1) is 9.92. The van der Waals surface area contributed by atoms with Crippen LogP contribution in [0.4, 0.5) is 0 Å². The number of hydrogen-bond donors (Lipinski definition) is 1. The van der Waals surface area contributed by atoms with Crippen LogP contribution in [0.15, 0.2) is 12.3 Å². The smallest absolute Gasteiger partial charge is 0.246 e. The Kier molecular flexibility index (Phi) is 3.26. The second-order valence-corrected chi connectivity index (χ2v) is 6.47. The Hall–Kier alpha value is -1.85. The lowest BCUT2D eigenvalue weighted by Crippen LogP contribution is -2.66. The van der Waals surface area contributed by atoms with E-state index >= 15 is 0 Å². The van der Waals surface area contributed by atoms with E-state index in [1.165, 1.54) is 0 Å². The largest absolute Gasteiger partial charge is 0.345 e. The highest BCUT2D eigenvalue weighted by Crippen LogP contribution is 2.44. The van der Waals surface area contributed by atoms with Gasteiger partial charge in [0.25, 0.3) is 0 Å². The average molecular weight is 290 g/mol. The molecule has 2 heterocycles. The summed E-state index contributed by atoms with van der Waals surface area (Å²) >= 11 is 0. The quantitative estimate of drug-likeness (QED) is 0.902. The van der Waals surface area contributed by atoms with Crippen molar-refractivity contribution in [3.8, 4) is 0 Å². The minimum absolute atomic E-state index is 0.0249. The number of carbonyl (C=O) groups excluding carboxylic acids is 2. The maximum absolute atomic E-state index is 12.3. The second-order valence-electron chi connectivity index (χ2n) is 6.47. The van der Waals surface area contributed by atoms with Crippen LogP contribution < -0.4 is 5.32 Å². The maximum atomic E-state index is 12.3. The van der Waals surface area contributed by atoms with Crippen LogP contribution in [0, 0.1) is 5.92 Å². The van der Waals surface area contributed by atoms with Crippen LogP contribution in [0.2, 0.25) is 0 Å². The molecule has 6 nitrogen and oxygen atoms in total. The van der Waals surface area contributed by atoms with Crippen LogP contribution in [0.1, 0.15) is 45.3 Å². The van der Waals surface area contributed by atoms with Crippen LogP contribution >= 0.6 is 0 Å². The highest BCUT2D eigenvalue weighted by Gasteiger charge is 2.54. The van der Waals surface area contributed by atoms with E-state index in [9.17, 15) is 9.59 Å². The van der Waals surface area contributed by atoms with Crippen molar-refractivity contribution in [1.29, 1.82) is 0 Å². The van der Waals surface area contributed by atoms with Gasteiger partial charge in [0.1, 0.15) is 5.54 Å². The van der Waals surface area contributed by atoms with E-state index in [0.717, 1.165) is 18.5 Å². The Morgan fingerprint density at radius 1 is 1.43 bits per heavy atom. The molecule has 6 heteroatoms. The minimum atomic E-state index is -0.725. The van der Waals surface area contributed by atoms with Crippen molar-refractivity contribution in [2.75, 3.05) is 6.54 Å². The Balaban J connectivity index is 1.86. The van der Waals surface area contributed by atoms with Gasteiger partial charge in [-0.3, -0.25) is 14.3 Å². The molecule has 1 unspecified atom stereocenters. The molecule has 1 aromatic heterocycles. The van der Waals surface area contributed by atoms with E-state index in [-0.39, 0.29) is 30.3 Å². The third-order valence-corrected chi connectivity index (χ3v) is 4.61. The molecule has 1 N–H and O–H groups in total. The number of piperazine rings is 1. The van der Waals surface area contributed by atoms with E-state index < -0.39 is 5.54 Å². The van der Waals surface area contributed by atoms with Gasteiger partial charge in [-0.05, 0) is 45.6 Å². The van der Waals surface area contributed by atoms with E-state index in [4.69, 9.17) is 0 Å². The lowest BCUT2D eigenvalue weighted by molar-refractivity contribution is -0.155.